The molecule has 0 fully saturated rings. The van der Waals surface area contributed by atoms with E-state index in [-0.39, 0.29) is 5.78 Å². The van der Waals surface area contributed by atoms with Crippen LogP contribution in [-0.4, -0.2) is 10.4 Å². The van der Waals surface area contributed by atoms with Crippen molar-refractivity contribution in [2.75, 3.05) is 0 Å². The lowest BCUT2D eigenvalue weighted by atomic mass is 10.0. The Balaban J connectivity index is 2.22. The molecule has 0 saturated heterocycles. The van der Waals surface area contributed by atoms with Gasteiger partial charge in [-0.2, -0.15) is 0 Å². The van der Waals surface area contributed by atoms with Gasteiger partial charge in [-0.3, -0.25) is 4.79 Å². The van der Waals surface area contributed by atoms with Gasteiger partial charge in [0.05, 0.1) is 0 Å². The second-order valence-corrected chi connectivity index (χ2v) is 5.71. The number of rotatable bonds is 3. The van der Waals surface area contributed by atoms with Crippen molar-refractivity contribution in [1.82, 2.24) is 4.57 Å². The number of benzene rings is 2. The number of carbonyl (C=O) groups excluding carboxylic acids is 1. The first-order valence-corrected chi connectivity index (χ1v) is 7.50. The number of halogens is 1. The SMILES string of the molecule is CC(=O)c1c(-c2ccccc2)cn(-c2ccc(Cl)cc2)c1C. The largest absolute Gasteiger partial charge is 0.320 e. The van der Waals surface area contributed by atoms with Gasteiger partial charge in [0.15, 0.2) is 5.78 Å². The first kappa shape index (κ1) is 14.6. The molecular weight excluding hydrogens is 294 g/mol. The molecule has 2 aromatic carbocycles. The minimum absolute atomic E-state index is 0.0732. The normalized spacial score (nSPS) is 10.7. The van der Waals surface area contributed by atoms with Crippen LogP contribution in [0.3, 0.4) is 0 Å². The van der Waals surface area contributed by atoms with Crippen LogP contribution < -0.4 is 0 Å². The zero-order chi connectivity index (χ0) is 15.7. The molecular formula is C19H16ClNO. The summed E-state index contributed by atoms with van der Waals surface area (Å²) in [5.74, 6) is 0.0732. The third kappa shape index (κ3) is 2.58. The van der Waals surface area contributed by atoms with Gasteiger partial charge < -0.3 is 4.57 Å². The lowest BCUT2D eigenvalue weighted by molar-refractivity contribution is 0.101. The molecule has 0 atom stereocenters. The Bertz CT molecular complexity index is 817. The Morgan fingerprint density at radius 2 is 1.64 bits per heavy atom. The van der Waals surface area contributed by atoms with Crippen LogP contribution in [0.1, 0.15) is 23.0 Å². The highest BCUT2D eigenvalue weighted by atomic mass is 35.5. The van der Waals surface area contributed by atoms with Crippen molar-refractivity contribution < 1.29 is 4.79 Å². The second kappa shape index (κ2) is 5.82. The molecule has 0 aliphatic carbocycles. The van der Waals surface area contributed by atoms with Gasteiger partial charge in [-0.15, -0.1) is 0 Å². The maximum atomic E-state index is 12.1. The molecule has 0 spiro atoms. The van der Waals surface area contributed by atoms with Gasteiger partial charge in [0.1, 0.15) is 0 Å². The van der Waals surface area contributed by atoms with Crippen LogP contribution in [0.15, 0.2) is 60.8 Å². The van der Waals surface area contributed by atoms with Gasteiger partial charge in [0.25, 0.3) is 0 Å². The number of ketones is 1. The van der Waals surface area contributed by atoms with Crippen molar-refractivity contribution in [1.29, 1.82) is 0 Å². The molecule has 0 bridgehead atoms. The van der Waals surface area contributed by atoms with Gasteiger partial charge >= 0.3 is 0 Å². The summed E-state index contributed by atoms with van der Waals surface area (Å²) in [6, 6.07) is 17.6. The van der Waals surface area contributed by atoms with Crippen LogP contribution in [0.5, 0.6) is 0 Å². The maximum Gasteiger partial charge on any atom is 0.162 e. The van der Waals surface area contributed by atoms with Gasteiger partial charge in [-0.25, -0.2) is 0 Å². The minimum atomic E-state index is 0.0732. The number of aromatic nitrogens is 1. The Morgan fingerprint density at radius 1 is 1.00 bits per heavy atom. The van der Waals surface area contributed by atoms with E-state index in [0.717, 1.165) is 28.1 Å². The van der Waals surface area contributed by atoms with Crippen molar-refractivity contribution >= 4 is 17.4 Å². The van der Waals surface area contributed by atoms with Crippen LogP contribution in [0.25, 0.3) is 16.8 Å². The van der Waals surface area contributed by atoms with Crippen LogP contribution in [0.4, 0.5) is 0 Å². The third-order valence-electron chi connectivity index (χ3n) is 3.79. The fourth-order valence-corrected chi connectivity index (χ4v) is 2.88. The Morgan fingerprint density at radius 3 is 2.23 bits per heavy atom. The monoisotopic (exact) mass is 309 g/mol. The first-order valence-electron chi connectivity index (χ1n) is 7.12. The molecule has 2 nitrogen and oxygen atoms in total. The van der Waals surface area contributed by atoms with E-state index in [2.05, 4.69) is 0 Å². The Labute approximate surface area is 135 Å². The number of carbonyl (C=O) groups is 1. The molecule has 0 aliphatic rings. The zero-order valence-corrected chi connectivity index (χ0v) is 13.3. The minimum Gasteiger partial charge on any atom is -0.320 e. The summed E-state index contributed by atoms with van der Waals surface area (Å²) in [6.45, 7) is 3.58. The van der Waals surface area contributed by atoms with E-state index in [1.165, 1.54) is 0 Å². The summed E-state index contributed by atoms with van der Waals surface area (Å²) in [4.78, 5) is 12.1. The van der Waals surface area contributed by atoms with E-state index in [1.807, 2.05) is 72.3 Å². The molecule has 0 aliphatic heterocycles. The number of nitrogens with zero attached hydrogens (tertiary/aromatic N) is 1. The summed E-state index contributed by atoms with van der Waals surface area (Å²) in [6.07, 6.45) is 2.02. The Kier molecular flexibility index (Phi) is 3.86. The smallest absolute Gasteiger partial charge is 0.162 e. The molecule has 3 rings (SSSR count). The summed E-state index contributed by atoms with van der Waals surface area (Å²) in [7, 11) is 0. The van der Waals surface area contributed by atoms with Crippen LogP contribution in [0, 0.1) is 6.92 Å². The van der Waals surface area contributed by atoms with E-state index in [1.54, 1.807) is 6.92 Å². The fourth-order valence-electron chi connectivity index (χ4n) is 2.76. The van der Waals surface area contributed by atoms with E-state index < -0.39 is 0 Å². The van der Waals surface area contributed by atoms with Gasteiger partial charge in [-0.05, 0) is 43.7 Å². The zero-order valence-electron chi connectivity index (χ0n) is 12.5. The molecule has 110 valence electrons. The predicted molar refractivity (Wildman–Crippen MR) is 91.0 cm³/mol. The van der Waals surface area contributed by atoms with E-state index in [9.17, 15) is 4.79 Å². The van der Waals surface area contributed by atoms with Crippen molar-refractivity contribution in [3.8, 4) is 16.8 Å². The Hall–Kier alpha value is -2.32. The molecule has 0 unspecified atom stereocenters. The third-order valence-corrected chi connectivity index (χ3v) is 4.04. The van der Waals surface area contributed by atoms with E-state index in [4.69, 9.17) is 11.6 Å². The summed E-state index contributed by atoms with van der Waals surface area (Å²) < 4.78 is 2.04. The van der Waals surface area contributed by atoms with Crippen LogP contribution in [0.2, 0.25) is 5.02 Å². The molecule has 3 heteroatoms. The van der Waals surface area contributed by atoms with Gasteiger partial charge in [-0.1, -0.05) is 41.9 Å². The molecule has 0 amide bonds. The summed E-state index contributed by atoms with van der Waals surface area (Å²) >= 11 is 5.96. The predicted octanol–water partition coefficient (Wildman–Crippen LogP) is 5.31. The number of hydrogen-bond acceptors (Lipinski definition) is 1. The van der Waals surface area contributed by atoms with Gasteiger partial charge in [0.2, 0.25) is 0 Å². The standard InChI is InChI=1S/C19H16ClNO/c1-13-19(14(2)22)18(15-6-4-3-5-7-15)12-21(13)17-10-8-16(20)9-11-17/h3-12H,1-2H3. The average Bonchev–Trinajstić information content (AvgIpc) is 2.87. The number of Topliss-reactive ketones (excluding diaryl/α,β-unsaturated/α-hetero) is 1. The van der Waals surface area contributed by atoms with Crippen molar-refractivity contribution in [2.45, 2.75) is 13.8 Å². The van der Waals surface area contributed by atoms with E-state index in [0.29, 0.717) is 5.02 Å². The van der Waals surface area contributed by atoms with Crippen molar-refractivity contribution in [3.05, 3.63) is 77.1 Å². The van der Waals surface area contributed by atoms with Crippen molar-refractivity contribution in [3.63, 3.8) is 0 Å². The molecule has 1 aromatic heterocycles. The average molecular weight is 310 g/mol. The summed E-state index contributed by atoms with van der Waals surface area (Å²) in [5, 5.41) is 0.698. The second-order valence-electron chi connectivity index (χ2n) is 5.27. The highest BCUT2D eigenvalue weighted by molar-refractivity contribution is 6.30. The maximum absolute atomic E-state index is 12.1. The first-order chi connectivity index (χ1) is 10.6. The molecule has 0 radical (unpaired) electrons. The van der Waals surface area contributed by atoms with Crippen LogP contribution >= 0.6 is 11.6 Å². The van der Waals surface area contributed by atoms with Gasteiger partial charge in [0, 0.05) is 33.7 Å². The van der Waals surface area contributed by atoms with Crippen molar-refractivity contribution in [2.24, 2.45) is 0 Å². The topological polar surface area (TPSA) is 22.0 Å². The molecule has 1 heterocycles. The number of hydrogen-bond donors (Lipinski definition) is 0. The fraction of sp³-hybridized carbons (Fsp3) is 0.105. The molecule has 0 saturated carbocycles. The molecule has 0 N–H and O–H groups in total. The van der Waals surface area contributed by atoms with E-state index >= 15 is 0 Å². The van der Waals surface area contributed by atoms with Crippen LogP contribution in [-0.2, 0) is 0 Å². The molecule has 3 aromatic rings. The lowest BCUT2D eigenvalue weighted by Gasteiger charge is -2.06. The lowest BCUT2D eigenvalue weighted by Crippen LogP contribution is -1.99. The molecule has 22 heavy (non-hydrogen) atoms. The quantitative estimate of drug-likeness (QED) is 0.601. The summed E-state index contributed by atoms with van der Waals surface area (Å²) in [5.41, 5.74) is 4.70. The highest BCUT2D eigenvalue weighted by Gasteiger charge is 2.18. The highest BCUT2D eigenvalue weighted by Crippen LogP contribution is 2.30.